The molecule has 4 nitrogen and oxygen atoms in total. The first kappa shape index (κ1) is 9.02. The fraction of sp³-hybridized carbons (Fsp3) is 0.111. The average molecular weight is 211 g/mol. The van der Waals surface area contributed by atoms with Crippen LogP contribution < -0.4 is 5.32 Å². The molecule has 2 rings (SSSR count). The number of benzene rings is 1. The zero-order valence-electron chi connectivity index (χ0n) is 7.34. The number of fused-ring (bicyclic) bond motifs is 1. The Kier molecular flexibility index (Phi) is 1.93. The zero-order valence-corrected chi connectivity index (χ0v) is 8.09. The van der Waals surface area contributed by atoms with E-state index in [9.17, 15) is 4.79 Å². The summed E-state index contributed by atoms with van der Waals surface area (Å²) in [7, 11) is 0. The first-order chi connectivity index (χ1) is 6.65. The maximum absolute atomic E-state index is 11.3. The Balaban J connectivity index is 2.70. The van der Waals surface area contributed by atoms with Crippen LogP contribution in [0.3, 0.4) is 0 Å². The van der Waals surface area contributed by atoms with Gasteiger partial charge in [0.2, 0.25) is 0 Å². The van der Waals surface area contributed by atoms with Crippen LogP contribution in [0.15, 0.2) is 17.3 Å². The lowest BCUT2D eigenvalue weighted by molar-refractivity contribution is -0.110. The van der Waals surface area contributed by atoms with Gasteiger partial charge in [0.15, 0.2) is 5.71 Å². The quantitative estimate of drug-likeness (QED) is 0.507. The number of amides is 1. The van der Waals surface area contributed by atoms with Gasteiger partial charge in [-0.05, 0) is 24.6 Å². The van der Waals surface area contributed by atoms with Gasteiger partial charge in [0.1, 0.15) is 0 Å². The third kappa shape index (κ3) is 1.08. The lowest BCUT2D eigenvalue weighted by Gasteiger charge is -2.03. The molecule has 72 valence electrons. The Morgan fingerprint density at radius 1 is 1.50 bits per heavy atom. The summed E-state index contributed by atoms with van der Waals surface area (Å²) in [4.78, 5) is 11.3. The molecule has 0 fully saturated rings. The predicted octanol–water partition coefficient (Wildman–Crippen LogP) is 1.78. The minimum Gasteiger partial charge on any atom is -0.410 e. The van der Waals surface area contributed by atoms with Gasteiger partial charge < -0.3 is 10.5 Å². The van der Waals surface area contributed by atoms with Gasteiger partial charge in [-0.15, -0.1) is 0 Å². The average Bonchev–Trinajstić information content (AvgIpc) is 2.49. The Morgan fingerprint density at radius 3 is 2.86 bits per heavy atom. The molecule has 0 saturated carbocycles. The highest BCUT2D eigenvalue weighted by molar-refractivity contribution is 6.54. The van der Waals surface area contributed by atoms with Gasteiger partial charge in [-0.3, -0.25) is 4.79 Å². The summed E-state index contributed by atoms with van der Waals surface area (Å²) in [5, 5.41) is 14.7. The smallest absolute Gasteiger partial charge is 0.278 e. The maximum atomic E-state index is 11.3. The van der Waals surface area contributed by atoms with E-state index in [1.807, 2.05) is 0 Å². The fourth-order valence-electron chi connectivity index (χ4n) is 1.44. The lowest BCUT2D eigenvalue weighted by atomic mass is 10.1. The lowest BCUT2D eigenvalue weighted by Crippen LogP contribution is -2.14. The molecule has 0 bridgehead atoms. The van der Waals surface area contributed by atoms with Crippen LogP contribution in [0.5, 0.6) is 0 Å². The van der Waals surface area contributed by atoms with Crippen LogP contribution in [0.2, 0.25) is 5.02 Å². The van der Waals surface area contributed by atoms with Gasteiger partial charge in [-0.1, -0.05) is 16.8 Å². The summed E-state index contributed by atoms with van der Waals surface area (Å²) < 4.78 is 0. The topological polar surface area (TPSA) is 61.7 Å². The Morgan fingerprint density at radius 2 is 2.21 bits per heavy atom. The molecule has 14 heavy (non-hydrogen) atoms. The minimum atomic E-state index is -0.409. The fourth-order valence-corrected chi connectivity index (χ4v) is 1.60. The molecule has 1 aliphatic rings. The predicted molar refractivity (Wildman–Crippen MR) is 53.1 cm³/mol. The molecule has 0 radical (unpaired) electrons. The van der Waals surface area contributed by atoms with Gasteiger partial charge in [0.25, 0.3) is 5.91 Å². The number of hydrogen-bond acceptors (Lipinski definition) is 3. The molecule has 0 saturated heterocycles. The normalized spacial score (nSPS) is 17.0. The third-order valence-corrected chi connectivity index (χ3v) is 2.62. The summed E-state index contributed by atoms with van der Waals surface area (Å²) in [5.41, 5.74) is 2.01. The number of carbonyl (C=O) groups excluding carboxylic acids is 1. The number of hydrogen-bond donors (Lipinski definition) is 2. The molecule has 0 spiro atoms. The minimum absolute atomic E-state index is 0.0276. The van der Waals surface area contributed by atoms with E-state index < -0.39 is 5.91 Å². The number of anilines is 1. The molecule has 2 N–H and O–H groups in total. The SMILES string of the molecule is Cc1c(Cl)ccc2c1NC(=O)/C2=N\O. The van der Waals surface area contributed by atoms with Crippen molar-refractivity contribution in [2.24, 2.45) is 5.16 Å². The molecular weight excluding hydrogens is 204 g/mol. The molecule has 1 aromatic rings. The third-order valence-electron chi connectivity index (χ3n) is 2.21. The zero-order chi connectivity index (χ0) is 10.3. The standard InChI is InChI=1S/C9H7ClN2O2/c1-4-6(10)3-2-5-7(4)11-9(13)8(5)12-14/h2-3,14H,1H3,(H,11,12,13). The molecular formula is C9H7ClN2O2. The van der Waals surface area contributed by atoms with E-state index >= 15 is 0 Å². The van der Waals surface area contributed by atoms with Crippen molar-refractivity contribution in [2.45, 2.75) is 6.92 Å². The van der Waals surface area contributed by atoms with E-state index in [-0.39, 0.29) is 5.71 Å². The summed E-state index contributed by atoms with van der Waals surface area (Å²) in [6, 6.07) is 3.32. The highest BCUT2D eigenvalue weighted by Crippen LogP contribution is 2.31. The monoisotopic (exact) mass is 210 g/mol. The second-order valence-corrected chi connectivity index (χ2v) is 3.40. The van der Waals surface area contributed by atoms with Gasteiger partial charge in [-0.2, -0.15) is 0 Å². The number of carbonyl (C=O) groups is 1. The highest BCUT2D eigenvalue weighted by Gasteiger charge is 2.28. The molecule has 0 atom stereocenters. The van der Waals surface area contributed by atoms with E-state index in [4.69, 9.17) is 16.8 Å². The van der Waals surface area contributed by atoms with Crippen LogP contribution in [0, 0.1) is 6.92 Å². The van der Waals surface area contributed by atoms with E-state index in [2.05, 4.69) is 10.5 Å². The van der Waals surface area contributed by atoms with Crippen molar-refractivity contribution in [3.8, 4) is 0 Å². The van der Waals surface area contributed by atoms with Gasteiger partial charge >= 0.3 is 0 Å². The van der Waals surface area contributed by atoms with Crippen molar-refractivity contribution >= 4 is 28.9 Å². The summed E-state index contributed by atoms with van der Waals surface area (Å²) >= 11 is 5.88. The Hall–Kier alpha value is -1.55. The van der Waals surface area contributed by atoms with Crippen LogP contribution >= 0.6 is 11.6 Å². The second kappa shape index (κ2) is 2.99. The van der Waals surface area contributed by atoms with E-state index in [0.717, 1.165) is 5.56 Å². The van der Waals surface area contributed by atoms with E-state index in [1.54, 1.807) is 19.1 Å². The van der Waals surface area contributed by atoms with Crippen molar-refractivity contribution in [3.05, 3.63) is 28.3 Å². The number of nitrogens with one attached hydrogen (secondary N) is 1. The van der Waals surface area contributed by atoms with Crippen molar-refractivity contribution < 1.29 is 10.0 Å². The molecule has 1 amide bonds. The molecule has 1 aliphatic heterocycles. The first-order valence-corrected chi connectivity index (χ1v) is 4.36. The van der Waals surface area contributed by atoms with Gasteiger partial charge in [0.05, 0.1) is 5.69 Å². The number of nitrogens with zero attached hydrogens (tertiary/aromatic N) is 1. The largest absolute Gasteiger partial charge is 0.410 e. The molecule has 0 aliphatic carbocycles. The molecule has 0 aromatic heterocycles. The van der Waals surface area contributed by atoms with Gasteiger partial charge in [-0.25, -0.2) is 0 Å². The van der Waals surface area contributed by atoms with Crippen molar-refractivity contribution in [3.63, 3.8) is 0 Å². The number of rotatable bonds is 0. The molecule has 1 aromatic carbocycles. The van der Waals surface area contributed by atoms with Crippen LogP contribution in [-0.2, 0) is 4.79 Å². The van der Waals surface area contributed by atoms with Crippen LogP contribution in [-0.4, -0.2) is 16.8 Å². The highest BCUT2D eigenvalue weighted by atomic mass is 35.5. The van der Waals surface area contributed by atoms with E-state index in [0.29, 0.717) is 16.3 Å². The van der Waals surface area contributed by atoms with Crippen LogP contribution in [0.4, 0.5) is 5.69 Å². The second-order valence-electron chi connectivity index (χ2n) is 3.00. The van der Waals surface area contributed by atoms with Crippen molar-refractivity contribution in [1.82, 2.24) is 0 Å². The van der Waals surface area contributed by atoms with Crippen LogP contribution in [0.25, 0.3) is 0 Å². The summed E-state index contributed by atoms with van der Waals surface area (Å²) in [5.74, 6) is -0.409. The Bertz CT molecular complexity index is 454. The number of halogens is 1. The van der Waals surface area contributed by atoms with Crippen LogP contribution in [0.1, 0.15) is 11.1 Å². The summed E-state index contributed by atoms with van der Waals surface area (Å²) in [6.45, 7) is 1.79. The first-order valence-electron chi connectivity index (χ1n) is 3.98. The molecule has 1 heterocycles. The molecule has 5 heteroatoms. The summed E-state index contributed by atoms with van der Waals surface area (Å²) in [6.07, 6.45) is 0. The molecule has 0 unspecified atom stereocenters. The van der Waals surface area contributed by atoms with E-state index in [1.165, 1.54) is 0 Å². The number of oxime groups is 1. The van der Waals surface area contributed by atoms with Gasteiger partial charge in [0, 0.05) is 10.6 Å². The maximum Gasteiger partial charge on any atom is 0.278 e. The Labute approximate surface area is 85.2 Å². The van der Waals surface area contributed by atoms with Crippen molar-refractivity contribution in [1.29, 1.82) is 0 Å². The van der Waals surface area contributed by atoms with Crippen molar-refractivity contribution in [2.75, 3.05) is 5.32 Å².